The number of aliphatic hydroxyl groups excluding tert-OH is 1. The molecule has 0 fully saturated rings. The van der Waals surface area contributed by atoms with Gasteiger partial charge in [0.2, 0.25) is 0 Å². The smallest absolute Gasteiger partial charge is 0.0799 e. The SMILES string of the molecule is OC(CC1c2ccccc2-c2ncccc21)c1ccccc1. The Kier molecular flexibility index (Phi) is 3.24. The quantitative estimate of drug-likeness (QED) is 0.778. The molecule has 1 aromatic heterocycles. The summed E-state index contributed by atoms with van der Waals surface area (Å²) in [5.74, 6) is 0.204. The molecular weight excluding hydrogens is 270 g/mol. The van der Waals surface area contributed by atoms with E-state index >= 15 is 0 Å². The van der Waals surface area contributed by atoms with E-state index in [0.29, 0.717) is 6.42 Å². The number of rotatable bonds is 3. The van der Waals surface area contributed by atoms with Gasteiger partial charge in [0.15, 0.2) is 0 Å². The van der Waals surface area contributed by atoms with E-state index in [1.54, 1.807) is 0 Å². The van der Waals surface area contributed by atoms with Crippen LogP contribution in [0.4, 0.5) is 0 Å². The summed E-state index contributed by atoms with van der Waals surface area (Å²) < 4.78 is 0. The summed E-state index contributed by atoms with van der Waals surface area (Å²) in [6.07, 6.45) is 2.05. The summed E-state index contributed by atoms with van der Waals surface area (Å²) >= 11 is 0. The molecule has 2 nitrogen and oxygen atoms in total. The van der Waals surface area contributed by atoms with Crippen LogP contribution in [0.2, 0.25) is 0 Å². The van der Waals surface area contributed by atoms with Gasteiger partial charge < -0.3 is 5.11 Å². The van der Waals surface area contributed by atoms with Crippen molar-refractivity contribution in [2.45, 2.75) is 18.4 Å². The van der Waals surface area contributed by atoms with Crippen molar-refractivity contribution in [3.63, 3.8) is 0 Å². The molecule has 0 bridgehead atoms. The Labute approximate surface area is 130 Å². The molecule has 1 N–H and O–H groups in total. The third-order valence-corrected chi connectivity index (χ3v) is 4.45. The third kappa shape index (κ3) is 2.13. The molecule has 0 saturated carbocycles. The molecule has 1 aliphatic carbocycles. The molecule has 108 valence electrons. The molecule has 0 aliphatic heterocycles. The van der Waals surface area contributed by atoms with Crippen LogP contribution in [0.5, 0.6) is 0 Å². The zero-order valence-corrected chi connectivity index (χ0v) is 12.2. The molecule has 4 rings (SSSR count). The van der Waals surface area contributed by atoms with Crippen molar-refractivity contribution in [3.8, 4) is 11.3 Å². The van der Waals surface area contributed by atoms with Crippen LogP contribution >= 0.6 is 0 Å². The maximum absolute atomic E-state index is 10.6. The number of fused-ring (bicyclic) bond motifs is 3. The first-order valence-electron chi connectivity index (χ1n) is 7.62. The first-order valence-corrected chi connectivity index (χ1v) is 7.62. The van der Waals surface area contributed by atoms with Crippen LogP contribution in [0, 0.1) is 0 Å². The molecular formula is C20H17NO. The predicted molar refractivity (Wildman–Crippen MR) is 87.5 cm³/mol. The molecule has 3 aromatic rings. The molecule has 2 unspecified atom stereocenters. The summed E-state index contributed by atoms with van der Waals surface area (Å²) in [7, 11) is 0. The van der Waals surface area contributed by atoms with Crippen LogP contribution < -0.4 is 0 Å². The molecule has 2 heteroatoms. The minimum Gasteiger partial charge on any atom is -0.388 e. The van der Waals surface area contributed by atoms with Gasteiger partial charge in [0.1, 0.15) is 0 Å². The largest absolute Gasteiger partial charge is 0.388 e. The van der Waals surface area contributed by atoms with Crippen molar-refractivity contribution in [1.29, 1.82) is 0 Å². The highest BCUT2D eigenvalue weighted by Gasteiger charge is 2.30. The van der Waals surface area contributed by atoms with Crippen LogP contribution in [0.15, 0.2) is 72.9 Å². The lowest BCUT2D eigenvalue weighted by molar-refractivity contribution is 0.162. The minimum atomic E-state index is -0.467. The standard InChI is InChI=1S/C20H17NO/c22-19(14-7-2-1-3-8-14)13-18-15-9-4-5-10-16(15)20-17(18)11-6-12-21-20/h1-12,18-19,22H,13H2. The van der Waals surface area contributed by atoms with E-state index in [0.717, 1.165) is 11.3 Å². The Balaban J connectivity index is 1.73. The van der Waals surface area contributed by atoms with Crippen LogP contribution in [0.25, 0.3) is 11.3 Å². The van der Waals surface area contributed by atoms with Gasteiger partial charge in [0, 0.05) is 17.7 Å². The fourth-order valence-electron chi connectivity index (χ4n) is 3.40. The van der Waals surface area contributed by atoms with Gasteiger partial charge in [-0.05, 0) is 29.2 Å². The highest BCUT2D eigenvalue weighted by Crippen LogP contribution is 2.46. The highest BCUT2D eigenvalue weighted by molar-refractivity contribution is 5.75. The molecule has 0 saturated heterocycles. The van der Waals surface area contributed by atoms with Gasteiger partial charge in [-0.2, -0.15) is 0 Å². The molecule has 2 aromatic carbocycles. The second-order valence-electron chi connectivity index (χ2n) is 5.74. The molecule has 1 aliphatic rings. The van der Waals surface area contributed by atoms with E-state index in [1.165, 1.54) is 16.7 Å². The van der Waals surface area contributed by atoms with Gasteiger partial charge in [-0.25, -0.2) is 0 Å². The van der Waals surface area contributed by atoms with Crippen molar-refractivity contribution >= 4 is 0 Å². The first kappa shape index (κ1) is 13.2. The molecule has 0 spiro atoms. The van der Waals surface area contributed by atoms with Crippen LogP contribution in [0.3, 0.4) is 0 Å². The number of pyridine rings is 1. The van der Waals surface area contributed by atoms with E-state index in [2.05, 4.69) is 29.2 Å². The van der Waals surface area contributed by atoms with Gasteiger partial charge in [0.25, 0.3) is 0 Å². The van der Waals surface area contributed by atoms with Gasteiger partial charge in [-0.3, -0.25) is 4.98 Å². The Hall–Kier alpha value is -2.45. The maximum atomic E-state index is 10.6. The Morgan fingerprint density at radius 3 is 2.45 bits per heavy atom. The van der Waals surface area contributed by atoms with E-state index in [4.69, 9.17) is 0 Å². The summed E-state index contributed by atoms with van der Waals surface area (Å²) in [5.41, 5.74) is 5.72. The van der Waals surface area contributed by atoms with E-state index in [-0.39, 0.29) is 5.92 Å². The van der Waals surface area contributed by atoms with E-state index in [1.807, 2.05) is 48.7 Å². The summed E-state index contributed by atoms with van der Waals surface area (Å²) in [6.45, 7) is 0. The highest BCUT2D eigenvalue weighted by atomic mass is 16.3. The zero-order valence-electron chi connectivity index (χ0n) is 12.2. The third-order valence-electron chi connectivity index (χ3n) is 4.45. The minimum absolute atomic E-state index is 0.204. The fourth-order valence-corrected chi connectivity index (χ4v) is 3.40. The number of hydrogen-bond donors (Lipinski definition) is 1. The van der Waals surface area contributed by atoms with Gasteiger partial charge in [0.05, 0.1) is 11.8 Å². The lowest BCUT2D eigenvalue weighted by Crippen LogP contribution is -2.05. The molecule has 2 atom stereocenters. The van der Waals surface area contributed by atoms with Crippen molar-refractivity contribution < 1.29 is 5.11 Å². The van der Waals surface area contributed by atoms with Crippen molar-refractivity contribution in [1.82, 2.24) is 4.98 Å². The zero-order chi connectivity index (χ0) is 14.9. The Morgan fingerprint density at radius 2 is 1.59 bits per heavy atom. The molecule has 22 heavy (non-hydrogen) atoms. The topological polar surface area (TPSA) is 33.1 Å². The van der Waals surface area contributed by atoms with Crippen LogP contribution in [0.1, 0.15) is 35.1 Å². The normalized spacial score (nSPS) is 16.9. The summed E-state index contributed by atoms with van der Waals surface area (Å²) in [5, 5.41) is 10.6. The van der Waals surface area contributed by atoms with E-state index in [9.17, 15) is 5.11 Å². The molecule has 0 amide bonds. The first-order chi connectivity index (χ1) is 10.8. The average molecular weight is 287 g/mol. The lowest BCUT2D eigenvalue weighted by Gasteiger charge is -2.18. The summed E-state index contributed by atoms with van der Waals surface area (Å²) in [6, 6.07) is 22.4. The van der Waals surface area contributed by atoms with Gasteiger partial charge in [-0.15, -0.1) is 0 Å². The monoisotopic (exact) mass is 287 g/mol. The molecule has 1 heterocycles. The van der Waals surface area contributed by atoms with Crippen molar-refractivity contribution in [2.24, 2.45) is 0 Å². The number of hydrogen-bond acceptors (Lipinski definition) is 2. The van der Waals surface area contributed by atoms with E-state index < -0.39 is 6.10 Å². The average Bonchev–Trinajstić information content (AvgIpc) is 2.90. The van der Waals surface area contributed by atoms with Gasteiger partial charge in [-0.1, -0.05) is 60.7 Å². The summed E-state index contributed by atoms with van der Waals surface area (Å²) in [4.78, 5) is 4.55. The van der Waals surface area contributed by atoms with Crippen molar-refractivity contribution in [2.75, 3.05) is 0 Å². The van der Waals surface area contributed by atoms with Crippen LogP contribution in [-0.4, -0.2) is 10.1 Å². The number of nitrogens with zero attached hydrogens (tertiary/aromatic N) is 1. The van der Waals surface area contributed by atoms with Crippen LogP contribution in [-0.2, 0) is 0 Å². The number of benzene rings is 2. The number of aliphatic hydroxyl groups is 1. The predicted octanol–water partition coefficient (Wildman–Crippen LogP) is 4.32. The fraction of sp³-hybridized carbons (Fsp3) is 0.150. The lowest BCUT2D eigenvalue weighted by atomic mass is 9.89. The van der Waals surface area contributed by atoms with Gasteiger partial charge >= 0.3 is 0 Å². The van der Waals surface area contributed by atoms with Crippen molar-refractivity contribution in [3.05, 3.63) is 89.6 Å². The second-order valence-corrected chi connectivity index (χ2v) is 5.74. The Bertz CT molecular complexity index is 752. The maximum Gasteiger partial charge on any atom is 0.0799 e. The molecule has 0 radical (unpaired) electrons. The Morgan fingerprint density at radius 1 is 0.864 bits per heavy atom. The second kappa shape index (κ2) is 5.39. The number of aromatic nitrogens is 1.